The molecule has 118 valence electrons. The first-order valence-corrected chi connectivity index (χ1v) is 7.14. The molecule has 1 aromatic rings. The molecule has 0 spiro atoms. The van der Waals surface area contributed by atoms with E-state index < -0.39 is 0 Å². The maximum absolute atomic E-state index is 12.3. The van der Waals surface area contributed by atoms with Crippen LogP contribution >= 0.6 is 24.8 Å². The molecule has 1 aromatic carbocycles. The normalized spacial score (nSPS) is 16.5. The zero-order valence-electron chi connectivity index (χ0n) is 12.0. The van der Waals surface area contributed by atoms with Crippen molar-refractivity contribution < 1.29 is 4.79 Å². The smallest absolute Gasteiger partial charge is 0.240 e. The number of fused-ring (bicyclic) bond motifs is 1. The number of hydrogen-bond acceptors (Lipinski definition) is 3. The highest BCUT2D eigenvalue weighted by atomic mass is 35.5. The van der Waals surface area contributed by atoms with E-state index in [1.807, 2.05) is 23.1 Å². The molecule has 1 aliphatic carbocycles. The minimum absolute atomic E-state index is 0. The molecular weight excluding hydrogens is 309 g/mol. The molecule has 0 saturated heterocycles. The molecule has 0 unspecified atom stereocenters. The van der Waals surface area contributed by atoms with Crippen molar-refractivity contribution in [2.75, 3.05) is 30.3 Å². The van der Waals surface area contributed by atoms with Crippen molar-refractivity contribution >= 4 is 42.1 Å². The second kappa shape index (κ2) is 7.87. The van der Waals surface area contributed by atoms with Gasteiger partial charge < -0.3 is 16.0 Å². The van der Waals surface area contributed by atoms with Gasteiger partial charge in [-0.15, -0.1) is 24.8 Å². The molecule has 3 rings (SSSR count). The minimum Gasteiger partial charge on any atom is -0.398 e. The molecule has 1 saturated carbocycles. The number of benzene rings is 1. The van der Waals surface area contributed by atoms with Crippen LogP contribution in [0.15, 0.2) is 18.2 Å². The van der Waals surface area contributed by atoms with Crippen LogP contribution in [-0.4, -0.2) is 25.5 Å². The average molecular weight is 332 g/mol. The second-order valence-electron chi connectivity index (χ2n) is 5.57. The van der Waals surface area contributed by atoms with Crippen LogP contribution < -0.4 is 16.0 Å². The highest BCUT2D eigenvalue weighted by Gasteiger charge is 2.24. The SMILES string of the molecule is Cl.Cl.Nc1cccc2c1CCCN2C(=O)CNCC1CC1. The zero-order chi connectivity index (χ0) is 13.2. The fourth-order valence-corrected chi connectivity index (χ4v) is 2.71. The Labute approximate surface area is 138 Å². The number of carbonyl (C=O) groups is 1. The standard InChI is InChI=1S/C15H21N3O.2ClH/c16-13-4-1-5-14-12(13)3-2-8-18(14)15(19)10-17-9-11-6-7-11;;/h1,4-5,11,17H,2-3,6-10,16H2;2*1H. The lowest BCUT2D eigenvalue weighted by Crippen LogP contribution is -2.41. The third kappa shape index (κ3) is 4.25. The van der Waals surface area contributed by atoms with Crippen molar-refractivity contribution in [1.29, 1.82) is 0 Å². The highest BCUT2D eigenvalue weighted by Crippen LogP contribution is 2.31. The minimum atomic E-state index is 0. The zero-order valence-corrected chi connectivity index (χ0v) is 13.6. The fraction of sp³-hybridized carbons (Fsp3) is 0.533. The van der Waals surface area contributed by atoms with Gasteiger partial charge in [0, 0.05) is 17.9 Å². The lowest BCUT2D eigenvalue weighted by Gasteiger charge is -2.30. The van der Waals surface area contributed by atoms with Crippen LogP contribution in [0.1, 0.15) is 24.8 Å². The summed E-state index contributed by atoms with van der Waals surface area (Å²) in [6, 6.07) is 5.85. The Kier molecular flexibility index (Phi) is 6.78. The predicted molar refractivity (Wildman–Crippen MR) is 91.6 cm³/mol. The van der Waals surface area contributed by atoms with E-state index in [0.29, 0.717) is 6.54 Å². The molecule has 4 nitrogen and oxygen atoms in total. The van der Waals surface area contributed by atoms with Crippen LogP contribution in [0, 0.1) is 5.92 Å². The van der Waals surface area contributed by atoms with Crippen LogP contribution in [-0.2, 0) is 11.2 Å². The van der Waals surface area contributed by atoms with E-state index in [0.717, 1.165) is 48.8 Å². The van der Waals surface area contributed by atoms with Crippen molar-refractivity contribution in [3.8, 4) is 0 Å². The third-order valence-electron chi connectivity index (χ3n) is 3.99. The van der Waals surface area contributed by atoms with Gasteiger partial charge in [-0.1, -0.05) is 6.07 Å². The summed E-state index contributed by atoms with van der Waals surface area (Å²) in [5, 5.41) is 3.27. The molecule has 1 heterocycles. The van der Waals surface area contributed by atoms with Crippen molar-refractivity contribution in [3.05, 3.63) is 23.8 Å². The van der Waals surface area contributed by atoms with Crippen molar-refractivity contribution in [1.82, 2.24) is 5.32 Å². The first kappa shape index (κ1) is 18.1. The van der Waals surface area contributed by atoms with Gasteiger partial charge in [-0.05, 0) is 55.8 Å². The van der Waals surface area contributed by atoms with E-state index in [1.165, 1.54) is 12.8 Å². The lowest BCUT2D eigenvalue weighted by atomic mass is 10.00. The highest BCUT2D eigenvalue weighted by molar-refractivity contribution is 5.96. The van der Waals surface area contributed by atoms with Crippen LogP contribution in [0.4, 0.5) is 11.4 Å². The molecule has 0 radical (unpaired) electrons. The Morgan fingerprint density at radius 3 is 2.81 bits per heavy atom. The molecular formula is C15H23Cl2N3O. The topological polar surface area (TPSA) is 58.4 Å². The Balaban J connectivity index is 0.00000110. The summed E-state index contributed by atoms with van der Waals surface area (Å²) < 4.78 is 0. The van der Waals surface area contributed by atoms with E-state index in [1.54, 1.807) is 0 Å². The number of anilines is 2. The molecule has 0 aromatic heterocycles. The summed E-state index contributed by atoms with van der Waals surface area (Å²) in [6.45, 7) is 2.22. The van der Waals surface area contributed by atoms with E-state index in [2.05, 4.69) is 5.32 Å². The van der Waals surface area contributed by atoms with Crippen molar-refractivity contribution in [2.24, 2.45) is 5.92 Å². The Morgan fingerprint density at radius 1 is 1.33 bits per heavy atom. The van der Waals surface area contributed by atoms with Gasteiger partial charge in [-0.3, -0.25) is 4.79 Å². The number of nitrogen functional groups attached to an aromatic ring is 1. The second-order valence-corrected chi connectivity index (χ2v) is 5.57. The number of hydrogen-bond donors (Lipinski definition) is 2. The van der Waals surface area contributed by atoms with Crippen molar-refractivity contribution in [2.45, 2.75) is 25.7 Å². The predicted octanol–water partition coefficient (Wildman–Crippen LogP) is 2.39. The summed E-state index contributed by atoms with van der Waals surface area (Å²) >= 11 is 0. The number of nitrogens with two attached hydrogens (primary N) is 1. The maximum atomic E-state index is 12.3. The number of halogens is 2. The quantitative estimate of drug-likeness (QED) is 0.833. The number of nitrogens with one attached hydrogen (secondary N) is 1. The van der Waals surface area contributed by atoms with Crippen LogP contribution in [0.5, 0.6) is 0 Å². The molecule has 3 N–H and O–H groups in total. The molecule has 6 heteroatoms. The molecule has 1 amide bonds. The van der Waals surface area contributed by atoms with Crippen LogP contribution in [0.2, 0.25) is 0 Å². The first-order valence-electron chi connectivity index (χ1n) is 7.14. The number of carbonyl (C=O) groups excluding carboxylic acids is 1. The third-order valence-corrected chi connectivity index (χ3v) is 3.99. The van der Waals surface area contributed by atoms with E-state index in [-0.39, 0.29) is 30.7 Å². The molecule has 0 bridgehead atoms. The summed E-state index contributed by atoms with van der Waals surface area (Å²) in [6.07, 6.45) is 4.59. The fourth-order valence-electron chi connectivity index (χ4n) is 2.71. The largest absolute Gasteiger partial charge is 0.398 e. The van der Waals surface area contributed by atoms with Gasteiger partial charge >= 0.3 is 0 Å². The summed E-state index contributed by atoms with van der Waals surface area (Å²) in [7, 11) is 0. The average Bonchev–Trinajstić information content (AvgIpc) is 3.23. The van der Waals surface area contributed by atoms with Gasteiger partial charge in [0.2, 0.25) is 5.91 Å². The van der Waals surface area contributed by atoms with E-state index in [9.17, 15) is 4.79 Å². The van der Waals surface area contributed by atoms with Gasteiger partial charge in [0.05, 0.1) is 6.54 Å². The number of rotatable bonds is 4. The van der Waals surface area contributed by atoms with E-state index >= 15 is 0 Å². The van der Waals surface area contributed by atoms with E-state index in [4.69, 9.17) is 5.73 Å². The molecule has 1 fully saturated rings. The Hall–Kier alpha value is -0.970. The van der Waals surface area contributed by atoms with Gasteiger partial charge in [-0.2, -0.15) is 0 Å². The van der Waals surface area contributed by atoms with Gasteiger partial charge in [0.15, 0.2) is 0 Å². The monoisotopic (exact) mass is 331 g/mol. The Bertz CT molecular complexity index is 492. The summed E-state index contributed by atoms with van der Waals surface area (Å²) in [4.78, 5) is 14.2. The molecule has 0 atom stereocenters. The van der Waals surface area contributed by atoms with Crippen LogP contribution in [0.3, 0.4) is 0 Å². The Morgan fingerprint density at radius 2 is 2.10 bits per heavy atom. The summed E-state index contributed by atoms with van der Waals surface area (Å²) in [5.41, 5.74) is 8.94. The van der Waals surface area contributed by atoms with Gasteiger partial charge in [0.1, 0.15) is 0 Å². The molecule has 21 heavy (non-hydrogen) atoms. The number of amides is 1. The lowest BCUT2D eigenvalue weighted by molar-refractivity contribution is -0.117. The first-order chi connectivity index (χ1) is 9.25. The molecule has 1 aliphatic heterocycles. The van der Waals surface area contributed by atoms with Gasteiger partial charge in [-0.25, -0.2) is 0 Å². The number of nitrogens with zero attached hydrogens (tertiary/aromatic N) is 1. The molecule has 2 aliphatic rings. The van der Waals surface area contributed by atoms with Gasteiger partial charge in [0.25, 0.3) is 0 Å². The van der Waals surface area contributed by atoms with Crippen molar-refractivity contribution in [3.63, 3.8) is 0 Å². The maximum Gasteiger partial charge on any atom is 0.240 e. The summed E-state index contributed by atoms with van der Waals surface area (Å²) in [5.74, 6) is 0.962. The van der Waals surface area contributed by atoms with Crippen LogP contribution in [0.25, 0.3) is 0 Å².